The molecule has 4 aromatic carbocycles. The number of halogens is 2. The molecule has 8 nitrogen and oxygen atoms in total. The molecule has 0 amide bonds. The van der Waals surface area contributed by atoms with Crippen LogP contribution in [0.4, 0.5) is 19.0 Å². The summed E-state index contributed by atoms with van der Waals surface area (Å²) in [4.78, 5) is 17.2. The molecule has 0 aliphatic carbocycles. The fourth-order valence-electron chi connectivity index (χ4n) is 3.99. The zero-order chi connectivity index (χ0) is 32.5. The van der Waals surface area contributed by atoms with E-state index in [9.17, 15) is 19.0 Å². The summed E-state index contributed by atoms with van der Waals surface area (Å²) in [5.74, 6) is -0.449. The first kappa shape index (κ1) is 35.0. The largest absolute Gasteiger partial charge is 2.00 e. The molecular weight excluding hydrogens is 696 g/mol. The van der Waals surface area contributed by atoms with Crippen LogP contribution in [0.15, 0.2) is 106 Å². The van der Waals surface area contributed by atoms with Crippen LogP contribution in [-0.4, -0.2) is 36.6 Å². The fourth-order valence-corrected chi connectivity index (χ4v) is 5.33. The number of para-hydroxylation sites is 2. The van der Waals surface area contributed by atoms with Crippen molar-refractivity contribution >= 4 is 45.4 Å². The summed E-state index contributed by atoms with van der Waals surface area (Å²) in [7, 11) is 2.90. The molecule has 47 heavy (non-hydrogen) atoms. The summed E-state index contributed by atoms with van der Waals surface area (Å²) in [6.07, 6.45) is 2.94. The molecule has 232 valence electrons. The molecule has 2 heterocycles. The molecule has 0 bridgehead atoms. The van der Waals surface area contributed by atoms with E-state index >= 15 is 0 Å². The van der Waals surface area contributed by atoms with Gasteiger partial charge >= 0.3 is 19.5 Å². The maximum Gasteiger partial charge on any atom is 2.00 e. The maximum atomic E-state index is 12.9. The van der Waals surface area contributed by atoms with Gasteiger partial charge in [-0.2, -0.15) is 0 Å². The summed E-state index contributed by atoms with van der Waals surface area (Å²) < 4.78 is 35.9. The van der Waals surface area contributed by atoms with E-state index in [4.69, 9.17) is 9.47 Å². The third kappa shape index (κ3) is 9.13. The SMILES string of the molecule is COc1cccc(/C=N/c2nc(-c3ccc(F)cc3)cs2)c1[O-].COc1cccc(/C=N/c2nc(-c3ccc(F)cc3)cs2)c1[O-].[Zn+2]. The van der Waals surface area contributed by atoms with Crippen molar-refractivity contribution in [2.75, 3.05) is 14.2 Å². The van der Waals surface area contributed by atoms with E-state index in [-0.39, 0.29) is 54.1 Å². The Morgan fingerprint density at radius 2 is 1.00 bits per heavy atom. The molecule has 0 aliphatic rings. The molecule has 2 aromatic heterocycles. The van der Waals surface area contributed by atoms with Crippen LogP contribution in [0.3, 0.4) is 0 Å². The van der Waals surface area contributed by atoms with Gasteiger partial charge in [0.15, 0.2) is 0 Å². The Balaban J connectivity index is 0.000000208. The molecule has 13 heteroatoms. The van der Waals surface area contributed by atoms with Crippen molar-refractivity contribution in [3.8, 4) is 45.5 Å². The third-order valence-electron chi connectivity index (χ3n) is 6.35. The third-order valence-corrected chi connectivity index (χ3v) is 7.85. The molecule has 0 N–H and O–H groups in total. The van der Waals surface area contributed by atoms with Crippen molar-refractivity contribution in [1.29, 1.82) is 0 Å². The first-order chi connectivity index (χ1) is 22.3. The van der Waals surface area contributed by atoms with Crippen LogP contribution in [-0.2, 0) is 19.5 Å². The van der Waals surface area contributed by atoms with Gasteiger partial charge in [0.25, 0.3) is 0 Å². The van der Waals surface area contributed by atoms with Crippen LogP contribution >= 0.6 is 22.7 Å². The summed E-state index contributed by atoms with van der Waals surface area (Å²) in [6.45, 7) is 0. The first-order valence-corrected chi connectivity index (χ1v) is 15.3. The Bertz CT molecular complexity index is 1840. The second-order valence-corrected chi connectivity index (χ2v) is 11.0. The van der Waals surface area contributed by atoms with Gasteiger partial charge in [0.05, 0.1) is 25.6 Å². The van der Waals surface area contributed by atoms with Gasteiger partial charge < -0.3 is 19.7 Å². The number of benzene rings is 4. The van der Waals surface area contributed by atoms with Gasteiger partial charge in [-0.15, -0.1) is 22.7 Å². The quantitative estimate of drug-likeness (QED) is 0.119. The number of nitrogens with zero attached hydrogens (tertiary/aromatic N) is 4. The summed E-state index contributed by atoms with van der Waals surface area (Å²) in [6, 6.07) is 22.2. The average Bonchev–Trinajstić information content (AvgIpc) is 3.75. The minimum absolute atomic E-state index is 0. The van der Waals surface area contributed by atoms with E-state index in [1.165, 1.54) is 73.6 Å². The molecular formula is C34H24F2N4O4S2Zn. The van der Waals surface area contributed by atoms with Gasteiger partial charge in [-0.05, 0) is 71.8 Å². The van der Waals surface area contributed by atoms with Crippen LogP contribution in [0, 0.1) is 11.6 Å². The standard InChI is InChI=1S/2C17H13FN2O2S.Zn/c2*1-22-15-4-2-3-12(16(15)21)9-19-17-20-14(10-23-17)11-5-7-13(18)8-6-11;/h2*2-10,21H,1H3;/q;;+2/p-2/b2*19-9+;. The van der Waals surface area contributed by atoms with E-state index in [0.29, 0.717) is 21.4 Å². The Morgan fingerprint density at radius 1 is 0.617 bits per heavy atom. The number of rotatable bonds is 8. The summed E-state index contributed by atoms with van der Waals surface area (Å²) >= 11 is 2.70. The number of ether oxygens (including phenoxy) is 2. The molecule has 6 rings (SSSR count). The van der Waals surface area contributed by atoms with Crippen LogP contribution in [0.2, 0.25) is 0 Å². The van der Waals surface area contributed by atoms with E-state index in [1.807, 2.05) is 10.8 Å². The minimum Gasteiger partial charge on any atom is -0.870 e. The second kappa shape index (κ2) is 16.6. The molecule has 0 fully saturated rings. The summed E-state index contributed by atoms with van der Waals surface area (Å²) in [5.41, 5.74) is 3.93. The average molecular weight is 720 g/mol. The van der Waals surface area contributed by atoms with Gasteiger partial charge in [-0.1, -0.05) is 35.8 Å². The van der Waals surface area contributed by atoms with E-state index in [1.54, 1.807) is 60.7 Å². The molecule has 0 radical (unpaired) electrons. The number of hydrogen-bond donors (Lipinski definition) is 0. The predicted octanol–water partition coefficient (Wildman–Crippen LogP) is 7.56. The molecule has 0 unspecified atom stereocenters. The minimum atomic E-state index is -0.289. The first-order valence-electron chi connectivity index (χ1n) is 13.5. The zero-order valence-corrected chi connectivity index (χ0v) is 29.7. The molecule has 0 spiro atoms. The van der Waals surface area contributed by atoms with Gasteiger partial charge in [0.1, 0.15) is 23.1 Å². The number of aromatic nitrogens is 2. The predicted molar refractivity (Wildman–Crippen MR) is 174 cm³/mol. The van der Waals surface area contributed by atoms with Gasteiger partial charge in [0.2, 0.25) is 10.3 Å². The van der Waals surface area contributed by atoms with Crippen molar-refractivity contribution < 1.29 is 47.9 Å². The number of thiazole rings is 2. The van der Waals surface area contributed by atoms with E-state index < -0.39 is 0 Å². The van der Waals surface area contributed by atoms with E-state index in [2.05, 4.69) is 20.0 Å². The molecule has 6 aromatic rings. The Hall–Kier alpha value is -4.84. The van der Waals surface area contributed by atoms with Crippen LogP contribution in [0.25, 0.3) is 22.5 Å². The fraction of sp³-hybridized carbons (Fsp3) is 0.0588. The number of hydrogen-bond acceptors (Lipinski definition) is 10. The van der Waals surface area contributed by atoms with E-state index in [0.717, 1.165) is 22.5 Å². The molecule has 0 saturated carbocycles. The van der Waals surface area contributed by atoms with Crippen molar-refractivity contribution in [3.63, 3.8) is 0 Å². The number of aliphatic imine (C=N–C) groups is 2. The molecule has 0 aliphatic heterocycles. The van der Waals surface area contributed by atoms with Crippen molar-refractivity contribution in [2.45, 2.75) is 0 Å². The van der Waals surface area contributed by atoms with Gasteiger partial charge in [-0.3, -0.25) is 0 Å². The Morgan fingerprint density at radius 3 is 1.36 bits per heavy atom. The normalized spacial score (nSPS) is 10.8. The Labute approximate surface area is 290 Å². The molecule has 0 atom stereocenters. The molecule has 0 saturated heterocycles. The van der Waals surface area contributed by atoms with Crippen LogP contribution < -0.4 is 19.7 Å². The monoisotopic (exact) mass is 718 g/mol. The smallest absolute Gasteiger partial charge is 0.870 e. The van der Waals surface area contributed by atoms with Crippen molar-refractivity contribution in [3.05, 3.63) is 118 Å². The van der Waals surface area contributed by atoms with Gasteiger partial charge in [0, 0.05) is 34.3 Å². The number of methoxy groups -OCH3 is 2. The van der Waals surface area contributed by atoms with Crippen LogP contribution in [0.5, 0.6) is 23.0 Å². The van der Waals surface area contributed by atoms with Crippen LogP contribution in [0.1, 0.15) is 11.1 Å². The Kier molecular flexibility index (Phi) is 12.4. The zero-order valence-electron chi connectivity index (χ0n) is 25.1. The van der Waals surface area contributed by atoms with Gasteiger partial charge in [-0.25, -0.2) is 28.7 Å². The topological polar surface area (TPSA) is 115 Å². The van der Waals surface area contributed by atoms with Crippen molar-refractivity contribution in [2.24, 2.45) is 9.98 Å². The maximum absolute atomic E-state index is 12.9. The summed E-state index contributed by atoms with van der Waals surface area (Å²) in [5, 5.41) is 28.7. The van der Waals surface area contributed by atoms with Crippen molar-refractivity contribution in [1.82, 2.24) is 9.97 Å². The second-order valence-electron chi connectivity index (χ2n) is 9.32.